The van der Waals surface area contributed by atoms with Gasteiger partial charge in [-0.2, -0.15) is 0 Å². The zero-order valence-electron chi connectivity index (χ0n) is 12.7. The molecule has 2 rings (SSSR count). The smallest absolute Gasteiger partial charge is 0.0649 e. The average Bonchev–Trinajstić information content (AvgIpc) is 2.91. The topological polar surface area (TPSA) is 3.24 Å². The summed E-state index contributed by atoms with van der Waals surface area (Å²) in [7, 11) is 0. The van der Waals surface area contributed by atoms with Gasteiger partial charge >= 0.3 is 0 Å². The Labute approximate surface area is 131 Å². The van der Waals surface area contributed by atoms with E-state index in [0.29, 0.717) is 5.92 Å². The van der Waals surface area contributed by atoms with E-state index >= 15 is 0 Å². The fourth-order valence-corrected chi connectivity index (χ4v) is 4.24. The van der Waals surface area contributed by atoms with Crippen LogP contribution in [0.25, 0.3) is 0 Å². The predicted octanol–water partition coefficient (Wildman–Crippen LogP) is 5.87. The van der Waals surface area contributed by atoms with Gasteiger partial charge in [0.2, 0.25) is 0 Å². The molecule has 0 N–H and O–H groups in total. The van der Waals surface area contributed by atoms with E-state index in [0.717, 1.165) is 13.1 Å². The van der Waals surface area contributed by atoms with Crippen LogP contribution in [-0.2, 0) is 0 Å². The summed E-state index contributed by atoms with van der Waals surface area (Å²) in [6.45, 7) is 11.0. The number of hydrogen-bond acceptors (Lipinski definition) is 3. The lowest BCUT2D eigenvalue weighted by Gasteiger charge is -2.20. The molecule has 20 heavy (non-hydrogen) atoms. The molecular weight excluding hydrogens is 282 g/mol. The first kappa shape index (κ1) is 15.5. The molecule has 108 valence electrons. The lowest BCUT2D eigenvalue weighted by atomic mass is 10.1. The number of nitrogens with zero attached hydrogens (tertiary/aromatic N) is 1. The van der Waals surface area contributed by atoms with E-state index in [9.17, 15) is 0 Å². The largest absolute Gasteiger partial charge is 0.372 e. The van der Waals surface area contributed by atoms with Gasteiger partial charge in [0.25, 0.3) is 0 Å². The average molecular weight is 306 g/mol. The van der Waals surface area contributed by atoms with Crippen LogP contribution in [0.5, 0.6) is 0 Å². The van der Waals surface area contributed by atoms with Crippen molar-refractivity contribution in [1.82, 2.24) is 0 Å². The van der Waals surface area contributed by atoms with Crippen LogP contribution in [0, 0.1) is 0 Å². The van der Waals surface area contributed by atoms with E-state index in [-0.39, 0.29) is 0 Å². The summed E-state index contributed by atoms with van der Waals surface area (Å²) in [5.74, 6) is 0.616. The van der Waals surface area contributed by atoms with Gasteiger partial charge in [-0.3, -0.25) is 0 Å². The van der Waals surface area contributed by atoms with Crippen molar-refractivity contribution in [2.24, 2.45) is 0 Å². The Kier molecular flexibility index (Phi) is 5.55. The molecular formula is C17H23NS2. The van der Waals surface area contributed by atoms with Crippen LogP contribution in [-0.4, -0.2) is 13.1 Å². The molecule has 0 saturated carbocycles. The van der Waals surface area contributed by atoms with Gasteiger partial charge in [-0.1, -0.05) is 25.6 Å². The van der Waals surface area contributed by atoms with E-state index < -0.39 is 0 Å². The van der Waals surface area contributed by atoms with Crippen LogP contribution in [0.2, 0.25) is 0 Å². The Morgan fingerprint density at radius 3 is 2.25 bits per heavy atom. The molecule has 0 radical (unpaired) electrons. The van der Waals surface area contributed by atoms with Crippen LogP contribution < -0.4 is 4.90 Å². The van der Waals surface area contributed by atoms with Crippen LogP contribution in [0.1, 0.15) is 39.2 Å². The van der Waals surface area contributed by atoms with Gasteiger partial charge in [0.1, 0.15) is 0 Å². The predicted molar refractivity (Wildman–Crippen MR) is 92.5 cm³/mol. The maximum atomic E-state index is 2.37. The molecule has 3 heteroatoms. The van der Waals surface area contributed by atoms with Gasteiger partial charge in [0, 0.05) is 23.7 Å². The van der Waals surface area contributed by atoms with Gasteiger partial charge in [0.15, 0.2) is 0 Å². The summed E-state index contributed by atoms with van der Waals surface area (Å²) < 4.78 is 1.38. The molecule has 0 atom stereocenters. The number of anilines is 1. The van der Waals surface area contributed by atoms with Gasteiger partial charge in [-0.05, 0) is 61.0 Å². The van der Waals surface area contributed by atoms with Gasteiger partial charge in [-0.15, -0.1) is 11.3 Å². The quantitative estimate of drug-likeness (QED) is 0.656. The number of benzene rings is 1. The number of rotatable bonds is 6. The Morgan fingerprint density at radius 1 is 1.10 bits per heavy atom. The van der Waals surface area contributed by atoms with E-state index in [4.69, 9.17) is 0 Å². The van der Waals surface area contributed by atoms with Gasteiger partial charge in [-0.25, -0.2) is 0 Å². The minimum atomic E-state index is 0.616. The lowest BCUT2D eigenvalue weighted by molar-refractivity contribution is 0.865. The third-order valence-electron chi connectivity index (χ3n) is 3.45. The highest BCUT2D eigenvalue weighted by Gasteiger charge is 2.06. The molecule has 0 spiro atoms. The monoisotopic (exact) mass is 305 g/mol. The first-order valence-electron chi connectivity index (χ1n) is 7.25. The fourth-order valence-electron chi connectivity index (χ4n) is 2.12. The zero-order valence-corrected chi connectivity index (χ0v) is 14.4. The fraction of sp³-hybridized carbons (Fsp3) is 0.412. The molecule has 0 fully saturated rings. The van der Waals surface area contributed by atoms with Crippen molar-refractivity contribution < 1.29 is 0 Å². The summed E-state index contributed by atoms with van der Waals surface area (Å²) in [5.41, 5.74) is 2.76. The maximum Gasteiger partial charge on any atom is 0.0649 e. The molecule has 0 unspecified atom stereocenters. The maximum absolute atomic E-state index is 2.37. The molecule has 0 aliphatic rings. The molecule has 0 saturated heterocycles. The Morgan fingerprint density at radius 2 is 1.75 bits per heavy atom. The molecule has 0 amide bonds. The van der Waals surface area contributed by atoms with Crippen LogP contribution in [0.15, 0.2) is 44.8 Å². The summed E-state index contributed by atoms with van der Waals surface area (Å²) in [6, 6.07) is 11.2. The molecule has 1 heterocycles. The van der Waals surface area contributed by atoms with E-state index in [1.165, 1.54) is 20.4 Å². The molecule has 1 aromatic carbocycles. The van der Waals surface area contributed by atoms with Gasteiger partial charge < -0.3 is 4.90 Å². The lowest BCUT2D eigenvalue weighted by Crippen LogP contribution is -2.21. The van der Waals surface area contributed by atoms with Crippen molar-refractivity contribution in [3.05, 3.63) is 41.3 Å². The van der Waals surface area contributed by atoms with Gasteiger partial charge in [0.05, 0.1) is 4.21 Å². The molecule has 2 aromatic rings. The number of hydrogen-bond donors (Lipinski definition) is 0. The first-order chi connectivity index (χ1) is 9.63. The minimum absolute atomic E-state index is 0.616. The molecule has 0 aliphatic carbocycles. The van der Waals surface area contributed by atoms with Crippen LogP contribution in [0.4, 0.5) is 5.69 Å². The van der Waals surface area contributed by atoms with E-state index in [2.05, 4.69) is 68.3 Å². The van der Waals surface area contributed by atoms with Crippen LogP contribution in [0.3, 0.4) is 0 Å². The highest BCUT2D eigenvalue weighted by molar-refractivity contribution is 8.01. The zero-order chi connectivity index (χ0) is 14.5. The van der Waals surface area contributed by atoms with Crippen molar-refractivity contribution in [3.8, 4) is 0 Å². The molecule has 0 aliphatic heterocycles. The normalized spacial score (nSPS) is 11.1. The Bertz CT molecular complexity index is 524. The summed E-state index contributed by atoms with van der Waals surface area (Å²) in [5, 5.41) is 2.28. The second kappa shape index (κ2) is 7.19. The van der Waals surface area contributed by atoms with Crippen molar-refractivity contribution in [2.75, 3.05) is 18.0 Å². The van der Waals surface area contributed by atoms with E-state index in [1.54, 1.807) is 0 Å². The standard InChI is InChI=1S/C17H23NS2/c1-5-18(6-2)15-7-9-16(10-8-15)20-17-11-14(12-19-17)13(3)4/h7-13H,5-6H2,1-4H3. The molecule has 1 aromatic heterocycles. The summed E-state index contributed by atoms with van der Waals surface area (Å²) in [4.78, 5) is 3.69. The third-order valence-corrected chi connectivity index (χ3v) is 5.55. The minimum Gasteiger partial charge on any atom is -0.372 e. The number of thiophene rings is 1. The SMILES string of the molecule is CCN(CC)c1ccc(Sc2cc(C(C)C)cs2)cc1. The third kappa shape index (κ3) is 3.80. The van der Waals surface area contributed by atoms with Crippen molar-refractivity contribution in [3.63, 3.8) is 0 Å². The summed E-state index contributed by atoms with van der Waals surface area (Å²) in [6.07, 6.45) is 0. The second-order valence-corrected chi connectivity index (χ2v) is 7.41. The van der Waals surface area contributed by atoms with E-state index in [1.807, 2.05) is 23.1 Å². The Balaban J connectivity index is 2.06. The van der Waals surface area contributed by atoms with Crippen molar-refractivity contribution >= 4 is 28.8 Å². The highest BCUT2D eigenvalue weighted by Crippen LogP contribution is 2.35. The molecule has 0 bridgehead atoms. The molecule has 1 nitrogen and oxygen atoms in total. The van der Waals surface area contributed by atoms with Crippen LogP contribution >= 0.6 is 23.1 Å². The van der Waals surface area contributed by atoms with Crippen molar-refractivity contribution in [1.29, 1.82) is 0 Å². The highest BCUT2D eigenvalue weighted by atomic mass is 32.2. The van der Waals surface area contributed by atoms with Crippen molar-refractivity contribution in [2.45, 2.75) is 42.7 Å². The summed E-state index contributed by atoms with van der Waals surface area (Å²) >= 11 is 3.71. The Hall–Kier alpha value is -0.930. The first-order valence-corrected chi connectivity index (χ1v) is 8.95. The second-order valence-electron chi connectivity index (χ2n) is 5.12.